The van der Waals surface area contributed by atoms with Crippen molar-refractivity contribution in [1.82, 2.24) is 19.8 Å². The van der Waals surface area contributed by atoms with Gasteiger partial charge in [0.05, 0.1) is 16.3 Å². The fourth-order valence-electron chi connectivity index (χ4n) is 3.42. The summed E-state index contributed by atoms with van der Waals surface area (Å²) in [4.78, 5) is 24.8. The zero-order chi connectivity index (χ0) is 21.6. The number of alkyl halides is 3. The van der Waals surface area contributed by atoms with Gasteiger partial charge in [-0.15, -0.1) is 0 Å². The third-order valence-corrected chi connectivity index (χ3v) is 6.24. The number of aromatic nitrogens is 2. The first kappa shape index (κ1) is 22.6. The lowest BCUT2D eigenvalue weighted by Crippen LogP contribution is -2.46. The maximum Gasteiger partial charge on any atom is 0.417 e. The molecule has 5 nitrogen and oxygen atoms in total. The molecule has 0 spiro atoms. The third kappa shape index (κ3) is 6.43. The first-order chi connectivity index (χ1) is 14.3. The van der Waals surface area contributed by atoms with Gasteiger partial charge in [0, 0.05) is 57.2 Å². The predicted octanol–water partition coefficient (Wildman–Crippen LogP) is 3.75. The Bertz CT molecular complexity index is 809. The lowest BCUT2D eigenvalue weighted by Gasteiger charge is -2.36. The van der Waals surface area contributed by atoms with Gasteiger partial charge in [-0.3, -0.25) is 9.78 Å². The average Bonchev–Trinajstić information content (AvgIpc) is 2.76. The average molecular weight is 439 g/mol. The van der Waals surface area contributed by atoms with E-state index in [-0.39, 0.29) is 17.7 Å². The van der Waals surface area contributed by atoms with Crippen molar-refractivity contribution in [1.29, 1.82) is 0 Å². The van der Waals surface area contributed by atoms with Gasteiger partial charge in [0.15, 0.2) is 0 Å². The number of likely N-dealkylation sites (tertiary alicyclic amines) is 1. The Morgan fingerprint density at radius 3 is 2.57 bits per heavy atom. The summed E-state index contributed by atoms with van der Waals surface area (Å²) in [6, 6.07) is 8.42. The molecule has 1 saturated heterocycles. The zero-order valence-electron chi connectivity index (χ0n) is 16.8. The van der Waals surface area contributed by atoms with Crippen LogP contribution in [0.4, 0.5) is 13.2 Å². The van der Waals surface area contributed by atoms with Gasteiger partial charge in [-0.25, -0.2) is 4.98 Å². The molecule has 1 amide bonds. The lowest BCUT2D eigenvalue weighted by molar-refractivity contribution is -0.138. The molecule has 0 radical (unpaired) electrons. The fraction of sp³-hybridized carbons (Fsp3) is 0.476. The van der Waals surface area contributed by atoms with Crippen LogP contribution < -0.4 is 0 Å². The molecule has 162 valence electrons. The van der Waals surface area contributed by atoms with E-state index in [4.69, 9.17) is 0 Å². The number of hydrogen-bond acceptors (Lipinski definition) is 5. The summed E-state index contributed by atoms with van der Waals surface area (Å²) in [5, 5.41) is 0.411. The Labute approximate surface area is 178 Å². The van der Waals surface area contributed by atoms with Crippen molar-refractivity contribution in [3.63, 3.8) is 0 Å². The second-order valence-electron chi connectivity index (χ2n) is 7.32. The van der Waals surface area contributed by atoms with Crippen molar-refractivity contribution in [3.05, 3.63) is 54.0 Å². The summed E-state index contributed by atoms with van der Waals surface area (Å²) in [5.74, 6) is 0.128. The van der Waals surface area contributed by atoms with Crippen LogP contribution in [0.25, 0.3) is 0 Å². The number of carbonyl (C=O) groups is 1. The van der Waals surface area contributed by atoms with Crippen molar-refractivity contribution < 1.29 is 18.0 Å². The molecular weight excluding hydrogens is 413 g/mol. The van der Waals surface area contributed by atoms with Crippen LogP contribution in [0.15, 0.2) is 47.8 Å². The molecule has 0 atom stereocenters. The molecule has 2 aromatic rings. The van der Waals surface area contributed by atoms with Crippen molar-refractivity contribution in [2.75, 3.05) is 32.4 Å². The van der Waals surface area contributed by atoms with Crippen LogP contribution in [0, 0.1) is 0 Å². The molecule has 30 heavy (non-hydrogen) atoms. The van der Waals surface area contributed by atoms with E-state index in [0.717, 1.165) is 68.6 Å². The highest BCUT2D eigenvalue weighted by Gasteiger charge is 2.30. The zero-order valence-corrected chi connectivity index (χ0v) is 17.6. The van der Waals surface area contributed by atoms with E-state index in [1.165, 1.54) is 6.07 Å². The maximum absolute atomic E-state index is 12.6. The van der Waals surface area contributed by atoms with Crippen LogP contribution in [0.1, 0.15) is 24.1 Å². The summed E-state index contributed by atoms with van der Waals surface area (Å²) in [7, 11) is 1.80. The van der Waals surface area contributed by atoms with E-state index in [1.54, 1.807) is 18.1 Å². The summed E-state index contributed by atoms with van der Waals surface area (Å²) in [5.41, 5.74) is 0.297. The van der Waals surface area contributed by atoms with Gasteiger partial charge in [0.1, 0.15) is 0 Å². The second-order valence-corrected chi connectivity index (χ2v) is 8.32. The van der Waals surface area contributed by atoms with Gasteiger partial charge >= 0.3 is 6.18 Å². The number of piperidine rings is 1. The van der Waals surface area contributed by atoms with Gasteiger partial charge in [0.25, 0.3) is 0 Å². The second kappa shape index (κ2) is 10.3. The van der Waals surface area contributed by atoms with Crippen LogP contribution in [-0.2, 0) is 17.4 Å². The number of thioether (sulfide) groups is 1. The van der Waals surface area contributed by atoms with Crippen LogP contribution in [0.2, 0.25) is 0 Å². The Hall–Kier alpha value is -2.13. The van der Waals surface area contributed by atoms with Crippen LogP contribution >= 0.6 is 11.8 Å². The number of amides is 1. The van der Waals surface area contributed by atoms with Crippen LogP contribution in [0.3, 0.4) is 0 Å². The van der Waals surface area contributed by atoms with Gasteiger partial charge in [-0.2, -0.15) is 13.2 Å². The van der Waals surface area contributed by atoms with E-state index in [2.05, 4.69) is 14.9 Å². The highest BCUT2D eigenvalue weighted by molar-refractivity contribution is 7.99. The smallest absolute Gasteiger partial charge is 0.342 e. The maximum atomic E-state index is 12.6. The van der Waals surface area contributed by atoms with E-state index >= 15 is 0 Å². The minimum absolute atomic E-state index is 0.0337. The Morgan fingerprint density at radius 1 is 1.20 bits per heavy atom. The van der Waals surface area contributed by atoms with Crippen molar-refractivity contribution in [2.45, 2.75) is 36.5 Å². The molecule has 3 rings (SSSR count). The molecule has 1 aliphatic rings. The van der Waals surface area contributed by atoms with Gasteiger partial charge in [0.2, 0.25) is 5.91 Å². The first-order valence-corrected chi connectivity index (χ1v) is 10.9. The topological polar surface area (TPSA) is 49.3 Å². The number of pyridine rings is 2. The summed E-state index contributed by atoms with van der Waals surface area (Å²) in [6.07, 6.45) is 0.939. The molecule has 9 heteroatoms. The van der Waals surface area contributed by atoms with Gasteiger partial charge < -0.3 is 9.80 Å². The molecule has 1 fully saturated rings. The van der Waals surface area contributed by atoms with Crippen molar-refractivity contribution >= 4 is 17.7 Å². The lowest BCUT2D eigenvalue weighted by atomic mass is 10.0. The van der Waals surface area contributed by atoms with E-state index in [9.17, 15) is 18.0 Å². The van der Waals surface area contributed by atoms with E-state index in [0.29, 0.717) is 5.03 Å². The first-order valence-electron chi connectivity index (χ1n) is 9.87. The fourth-order valence-corrected chi connectivity index (χ4v) is 4.19. The highest BCUT2D eigenvalue weighted by Crippen LogP contribution is 2.29. The number of carbonyl (C=O) groups excluding carboxylic acids is 1. The Morgan fingerprint density at radius 2 is 1.97 bits per heavy atom. The normalized spacial score (nSPS) is 15.9. The van der Waals surface area contributed by atoms with Crippen LogP contribution in [0.5, 0.6) is 0 Å². The minimum atomic E-state index is -4.40. The van der Waals surface area contributed by atoms with Crippen molar-refractivity contribution in [2.24, 2.45) is 0 Å². The summed E-state index contributed by atoms with van der Waals surface area (Å²) in [6.45, 7) is 2.82. The summed E-state index contributed by atoms with van der Waals surface area (Å²) >= 11 is 1.16. The highest BCUT2D eigenvalue weighted by atomic mass is 32.2. The SMILES string of the molecule is CN(C(=O)CSc1ccc(C(F)(F)F)cn1)C1CCN(CCc2ccccn2)CC1. The monoisotopic (exact) mass is 438 g/mol. The predicted molar refractivity (Wildman–Crippen MR) is 110 cm³/mol. The van der Waals surface area contributed by atoms with Crippen LogP contribution in [-0.4, -0.2) is 64.2 Å². The molecule has 0 aromatic carbocycles. The number of halogens is 3. The van der Waals surface area contributed by atoms with E-state index in [1.807, 2.05) is 18.2 Å². The van der Waals surface area contributed by atoms with Gasteiger partial charge in [-0.05, 0) is 37.1 Å². The molecule has 0 N–H and O–H groups in total. The van der Waals surface area contributed by atoms with Gasteiger partial charge in [-0.1, -0.05) is 17.8 Å². The quantitative estimate of drug-likeness (QED) is 0.617. The minimum Gasteiger partial charge on any atom is -0.342 e. The molecule has 0 aliphatic carbocycles. The molecular formula is C21H25F3N4OS. The third-order valence-electron chi connectivity index (χ3n) is 5.32. The molecule has 2 aromatic heterocycles. The molecule has 0 unspecified atom stereocenters. The number of hydrogen-bond donors (Lipinski definition) is 0. The van der Waals surface area contributed by atoms with E-state index < -0.39 is 11.7 Å². The Balaban J connectivity index is 1.40. The number of nitrogens with zero attached hydrogens (tertiary/aromatic N) is 4. The largest absolute Gasteiger partial charge is 0.417 e. The molecule has 0 saturated carbocycles. The summed E-state index contributed by atoms with van der Waals surface area (Å²) < 4.78 is 37.8. The standard InChI is InChI=1S/C21H25F3N4OS/c1-27(20(29)15-30-19-6-5-16(14-26-19)21(22,23)24)18-8-12-28(13-9-18)11-7-17-4-2-3-10-25-17/h2-6,10,14,18H,7-9,11-13,15H2,1H3. The molecule has 3 heterocycles. The van der Waals surface area contributed by atoms with Crippen molar-refractivity contribution in [3.8, 4) is 0 Å². The Kier molecular flexibility index (Phi) is 7.71. The molecule has 1 aliphatic heterocycles. The number of rotatable bonds is 7. The molecule has 0 bridgehead atoms.